The summed E-state index contributed by atoms with van der Waals surface area (Å²) >= 11 is 13.7. The molecule has 6 rings (SSSR count). The number of carboxylic acid groups (broad SMARTS) is 1. The zero-order valence-electron chi connectivity index (χ0n) is 22.1. The maximum atomic E-state index is 11.6. The summed E-state index contributed by atoms with van der Waals surface area (Å²) in [5.74, 6) is -0.0544. The lowest BCUT2D eigenvalue weighted by molar-refractivity contribution is -0.384. The van der Waals surface area contributed by atoms with Crippen LogP contribution in [0.25, 0.3) is 11.3 Å². The van der Waals surface area contributed by atoms with Gasteiger partial charge in [-0.1, -0.05) is 29.4 Å². The predicted molar refractivity (Wildman–Crippen MR) is 168 cm³/mol. The second-order valence-corrected chi connectivity index (χ2v) is 11.5. The molecule has 214 valence electrons. The predicted octanol–water partition coefficient (Wildman–Crippen LogP) is 7.93. The van der Waals surface area contributed by atoms with Crippen molar-refractivity contribution in [2.75, 3.05) is 4.90 Å². The average Bonchev–Trinajstić information content (AvgIpc) is 3.63. The number of carbonyl (C=O) groups is 1. The Balaban J connectivity index is 1.34. The number of nitrogens with one attached hydrogen (secondary N) is 1. The first kappa shape index (κ1) is 28.4. The van der Waals surface area contributed by atoms with Crippen molar-refractivity contribution >= 4 is 58.0 Å². The van der Waals surface area contributed by atoms with Crippen molar-refractivity contribution in [2.24, 2.45) is 0 Å². The molecule has 0 radical (unpaired) electrons. The normalized spacial score (nSPS) is 16.2. The Bertz CT molecular complexity index is 1830. The summed E-state index contributed by atoms with van der Waals surface area (Å²) in [6.07, 6.45) is 1.72. The van der Waals surface area contributed by atoms with Crippen LogP contribution < -0.4 is 10.2 Å². The number of anilines is 1. The summed E-state index contributed by atoms with van der Waals surface area (Å²) in [7, 11) is 0. The highest BCUT2D eigenvalue weighted by Gasteiger charge is 2.42. The van der Waals surface area contributed by atoms with Gasteiger partial charge in [0, 0.05) is 39.4 Å². The minimum atomic E-state index is -1.06. The van der Waals surface area contributed by atoms with E-state index >= 15 is 0 Å². The van der Waals surface area contributed by atoms with E-state index in [4.69, 9.17) is 28.2 Å². The van der Waals surface area contributed by atoms with Gasteiger partial charge in [0.2, 0.25) is 0 Å². The van der Waals surface area contributed by atoms with Gasteiger partial charge in [0.15, 0.2) is 5.11 Å². The highest BCUT2D eigenvalue weighted by atomic mass is 35.5. The Morgan fingerprint density at radius 1 is 1.02 bits per heavy atom. The van der Waals surface area contributed by atoms with Crippen LogP contribution in [0.1, 0.15) is 33.9 Å². The molecule has 2 N–H and O–H groups in total. The Hall–Kier alpha value is -4.71. The third-order valence-corrected chi connectivity index (χ3v) is 8.55. The summed E-state index contributed by atoms with van der Waals surface area (Å²) in [6, 6.07) is 27.2. The van der Waals surface area contributed by atoms with Gasteiger partial charge >= 0.3 is 5.97 Å². The van der Waals surface area contributed by atoms with Crippen LogP contribution in [-0.4, -0.2) is 26.1 Å². The van der Waals surface area contributed by atoms with E-state index in [0.29, 0.717) is 27.2 Å². The Labute approximate surface area is 260 Å². The molecule has 0 amide bonds. The van der Waals surface area contributed by atoms with E-state index in [0.717, 1.165) is 21.2 Å². The maximum Gasteiger partial charge on any atom is 0.335 e. The molecule has 0 aliphatic carbocycles. The highest BCUT2D eigenvalue weighted by molar-refractivity contribution is 7.99. The van der Waals surface area contributed by atoms with E-state index in [1.165, 1.54) is 42.1 Å². The van der Waals surface area contributed by atoms with Gasteiger partial charge in [-0.05, 0) is 91.1 Å². The van der Waals surface area contributed by atoms with Crippen molar-refractivity contribution in [3.63, 3.8) is 0 Å². The highest BCUT2D eigenvalue weighted by Crippen LogP contribution is 2.44. The molecule has 1 aliphatic heterocycles. The lowest BCUT2D eigenvalue weighted by Crippen LogP contribution is -2.29. The molecule has 0 bridgehead atoms. The van der Waals surface area contributed by atoms with E-state index in [1.54, 1.807) is 24.4 Å². The van der Waals surface area contributed by atoms with Crippen LogP contribution in [-0.2, 0) is 0 Å². The number of aromatic nitrogens is 1. The number of hydrogen-bond acceptors (Lipinski definition) is 7. The molecule has 3 aromatic carbocycles. The molecule has 1 saturated heterocycles. The van der Waals surface area contributed by atoms with Gasteiger partial charge in [-0.25, -0.2) is 4.79 Å². The van der Waals surface area contributed by atoms with E-state index in [1.807, 2.05) is 53.4 Å². The number of carboxylic acids is 1. The number of pyridine rings is 1. The van der Waals surface area contributed by atoms with Crippen molar-refractivity contribution in [3.05, 3.63) is 135 Å². The maximum absolute atomic E-state index is 11.6. The molecule has 2 aromatic heterocycles. The molecule has 5 aromatic rings. The number of hydrogen-bond donors (Lipinski definition) is 2. The molecule has 3 heterocycles. The van der Waals surface area contributed by atoms with Crippen LogP contribution in [0.15, 0.2) is 117 Å². The summed E-state index contributed by atoms with van der Waals surface area (Å²) in [5, 5.41) is 24.7. The lowest BCUT2D eigenvalue weighted by Gasteiger charge is -2.26. The van der Waals surface area contributed by atoms with Gasteiger partial charge in [-0.15, -0.1) is 0 Å². The Morgan fingerprint density at radius 2 is 1.74 bits per heavy atom. The third kappa shape index (κ3) is 5.82. The number of benzene rings is 3. The summed E-state index contributed by atoms with van der Waals surface area (Å²) < 4.78 is 6.35. The lowest BCUT2D eigenvalue weighted by atomic mass is 10.0. The quantitative estimate of drug-likeness (QED) is 0.0995. The fourth-order valence-electron chi connectivity index (χ4n) is 4.87. The number of non-ortho nitro benzene ring substituents is 1. The zero-order valence-corrected chi connectivity index (χ0v) is 24.5. The fourth-order valence-corrected chi connectivity index (χ4v) is 6.25. The third-order valence-electron chi connectivity index (χ3n) is 6.89. The number of nitrogens with zero attached hydrogens (tertiary/aromatic N) is 3. The number of nitro benzene ring substituents is 1. The number of thiocarbonyl (C=S) groups is 1. The molecular weight excluding hydrogens is 608 g/mol. The van der Waals surface area contributed by atoms with Gasteiger partial charge < -0.3 is 19.7 Å². The van der Waals surface area contributed by atoms with Crippen molar-refractivity contribution in [1.82, 2.24) is 10.3 Å². The molecule has 2 unspecified atom stereocenters. The van der Waals surface area contributed by atoms with E-state index < -0.39 is 16.9 Å². The van der Waals surface area contributed by atoms with Crippen molar-refractivity contribution in [2.45, 2.75) is 21.9 Å². The SMILES string of the molecule is O=C(O)c1ccc(Cl)c(-c2ccc(C3C(c4ccccn4)NC(=S)N3c3ccc(Sc4ccc([N+](=O)[O-])cc4)cc3)o2)c1. The van der Waals surface area contributed by atoms with Crippen LogP contribution in [0.3, 0.4) is 0 Å². The second kappa shape index (κ2) is 11.9. The summed E-state index contributed by atoms with van der Waals surface area (Å²) in [6.45, 7) is 0. The fraction of sp³-hybridized carbons (Fsp3) is 0.0645. The van der Waals surface area contributed by atoms with Gasteiger partial charge in [-0.2, -0.15) is 0 Å². The van der Waals surface area contributed by atoms with Crippen LogP contribution in [0.5, 0.6) is 0 Å². The number of aromatic carboxylic acids is 1. The minimum Gasteiger partial charge on any atom is -0.478 e. The van der Waals surface area contributed by atoms with Crippen molar-refractivity contribution in [1.29, 1.82) is 0 Å². The molecule has 1 fully saturated rings. The number of rotatable bonds is 8. The smallest absolute Gasteiger partial charge is 0.335 e. The van der Waals surface area contributed by atoms with Crippen molar-refractivity contribution in [3.8, 4) is 11.3 Å². The Kier molecular flexibility index (Phi) is 7.85. The van der Waals surface area contributed by atoms with Crippen LogP contribution in [0, 0.1) is 10.1 Å². The topological polar surface area (TPSA) is 122 Å². The van der Waals surface area contributed by atoms with Crippen LogP contribution >= 0.6 is 35.6 Å². The molecule has 43 heavy (non-hydrogen) atoms. The first-order valence-electron chi connectivity index (χ1n) is 12.9. The first-order chi connectivity index (χ1) is 20.8. The summed E-state index contributed by atoms with van der Waals surface area (Å²) in [4.78, 5) is 30.5. The monoisotopic (exact) mass is 628 g/mol. The van der Waals surface area contributed by atoms with E-state index in [2.05, 4.69) is 10.3 Å². The molecular formula is C31H21ClN4O5S2. The van der Waals surface area contributed by atoms with E-state index in [9.17, 15) is 20.0 Å². The minimum absolute atomic E-state index is 0.0428. The number of nitro groups is 1. The molecule has 0 saturated carbocycles. The molecule has 12 heteroatoms. The molecule has 9 nitrogen and oxygen atoms in total. The van der Waals surface area contributed by atoms with Crippen molar-refractivity contribution < 1.29 is 19.2 Å². The summed E-state index contributed by atoms with van der Waals surface area (Å²) in [5.41, 5.74) is 2.20. The van der Waals surface area contributed by atoms with Gasteiger partial charge in [-0.3, -0.25) is 15.1 Å². The van der Waals surface area contributed by atoms with Gasteiger partial charge in [0.1, 0.15) is 17.6 Å². The zero-order chi connectivity index (χ0) is 30.1. The second-order valence-electron chi connectivity index (χ2n) is 9.55. The average molecular weight is 629 g/mol. The standard InChI is InChI=1S/C31H21ClN4O5S2/c32-24-13-4-18(30(37)38)17-23(24)26-14-15-27(41-26)29-28(25-3-1-2-16-33-25)34-31(42)35(29)19-5-9-21(10-6-19)43-22-11-7-20(8-12-22)36(39)40/h1-17,28-29H,(H,34,42)(H,37,38). The van der Waals surface area contributed by atoms with Crippen LogP contribution in [0.4, 0.5) is 11.4 Å². The molecule has 1 aliphatic rings. The van der Waals surface area contributed by atoms with E-state index in [-0.39, 0.29) is 17.3 Å². The van der Waals surface area contributed by atoms with Gasteiger partial charge in [0.05, 0.1) is 27.2 Å². The molecule has 2 atom stereocenters. The largest absolute Gasteiger partial charge is 0.478 e. The van der Waals surface area contributed by atoms with Crippen LogP contribution in [0.2, 0.25) is 5.02 Å². The number of halogens is 1. The Morgan fingerprint density at radius 3 is 2.40 bits per heavy atom. The number of furan rings is 1. The molecule has 0 spiro atoms. The first-order valence-corrected chi connectivity index (χ1v) is 14.5. The van der Waals surface area contributed by atoms with Gasteiger partial charge in [0.25, 0.3) is 5.69 Å².